The van der Waals surface area contributed by atoms with Crippen molar-refractivity contribution in [3.8, 4) is 0 Å². The summed E-state index contributed by atoms with van der Waals surface area (Å²) < 4.78 is 18.7. The highest BCUT2D eigenvalue weighted by atomic mass is 28.4. The molecule has 0 bridgehead atoms. The summed E-state index contributed by atoms with van der Waals surface area (Å²) in [5, 5.41) is 0.107. The van der Waals surface area contributed by atoms with Gasteiger partial charge in [-0.25, -0.2) is 0 Å². The lowest BCUT2D eigenvalue weighted by Crippen LogP contribution is -2.47. The predicted molar refractivity (Wildman–Crippen MR) is 152 cm³/mol. The molecule has 0 spiro atoms. The fraction of sp³-hybridized carbons (Fsp3) is 0.806. The van der Waals surface area contributed by atoms with Crippen LogP contribution in [0.25, 0.3) is 0 Å². The quantitative estimate of drug-likeness (QED) is 0.226. The molecule has 6 heteroatoms. The number of hydrogen-bond acceptors (Lipinski definition) is 5. The van der Waals surface area contributed by atoms with Gasteiger partial charge in [0.15, 0.2) is 8.32 Å². The summed E-state index contributed by atoms with van der Waals surface area (Å²) in [5.41, 5.74) is 1.31. The van der Waals surface area contributed by atoms with Crippen molar-refractivity contribution in [1.82, 2.24) is 0 Å². The third-order valence-electron chi connectivity index (χ3n) is 9.49. The fourth-order valence-corrected chi connectivity index (χ4v) is 7.54. The highest BCUT2D eigenvalue weighted by Crippen LogP contribution is 2.46. The molecule has 0 aromatic carbocycles. The van der Waals surface area contributed by atoms with E-state index in [2.05, 4.69) is 79.8 Å². The molecular weight excluding hydrogens is 480 g/mol. The number of hydrogen-bond donors (Lipinski definition) is 0. The minimum atomic E-state index is -1.96. The van der Waals surface area contributed by atoms with E-state index in [-0.39, 0.29) is 47.1 Å². The number of allylic oxidation sites excluding steroid dienone is 3. The van der Waals surface area contributed by atoms with Gasteiger partial charge in [-0.1, -0.05) is 66.7 Å². The Labute approximate surface area is 226 Å². The molecule has 0 aromatic rings. The van der Waals surface area contributed by atoms with E-state index in [1.54, 1.807) is 0 Å². The maximum absolute atomic E-state index is 13.0. The average molecular weight is 533 g/mol. The van der Waals surface area contributed by atoms with Gasteiger partial charge in [0.2, 0.25) is 0 Å². The van der Waals surface area contributed by atoms with E-state index < -0.39 is 8.32 Å². The molecule has 1 heterocycles. The van der Waals surface area contributed by atoms with Gasteiger partial charge in [0.25, 0.3) is 0 Å². The van der Waals surface area contributed by atoms with Crippen LogP contribution in [0.3, 0.4) is 0 Å². The summed E-state index contributed by atoms with van der Waals surface area (Å²) >= 11 is 0. The highest BCUT2D eigenvalue weighted by molar-refractivity contribution is 6.74. The van der Waals surface area contributed by atoms with Crippen LogP contribution in [0.4, 0.5) is 0 Å². The molecule has 1 fully saturated rings. The first-order valence-corrected chi connectivity index (χ1v) is 17.6. The van der Waals surface area contributed by atoms with E-state index in [0.29, 0.717) is 24.2 Å². The number of carbonyl (C=O) groups excluding carboxylic acids is 2. The van der Waals surface area contributed by atoms with Gasteiger partial charge in [-0.05, 0) is 73.6 Å². The van der Waals surface area contributed by atoms with Gasteiger partial charge in [-0.3, -0.25) is 9.59 Å². The van der Waals surface area contributed by atoms with Crippen molar-refractivity contribution in [3.63, 3.8) is 0 Å². The Bertz CT molecular complexity index is 865. The summed E-state index contributed by atoms with van der Waals surface area (Å²) in [6, 6.07) is 0. The molecule has 0 aromatic heterocycles. The molecular formula is C31H52O5Si. The fourth-order valence-electron chi connectivity index (χ4n) is 6.17. The zero-order chi connectivity index (χ0) is 27.5. The average Bonchev–Trinajstić information content (AvgIpc) is 2.78. The lowest BCUT2D eigenvalue weighted by Gasteiger charge is -2.44. The lowest BCUT2D eigenvalue weighted by atomic mass is 9.65. The molecule has 0 radical (unpaired) electrons. The Morgan fingerprint density at radius 3 is 2.43 bits per heavy atom. The third-order valence-corrected chi connectivity index (χ3v) is 14.0. The summed E-state index contributed by atoms with van der Waals surface area (Å²) in [6.45, 7) is 19.8. The first-order chi connectivity index (χ1) is 17.3. The van der Waals surface area contributed by atoms with Crippen molar-refractivity contribution in [2.24, 2.45) is 29.6 Å². The van der Waals surface area contributed by atoms with E-state index in [1.807, 2.05) is 0 Å². The van der Waals surface area contributed by atoms with Crippen LogP contribution in [-0.2, 0) is 23.5 Å². The van der Waals surface area contributed by atoms with Gasteiger partial charge in [0, 0.05) is 12.3 Å². The van der Waals surface area contributed by atoms with Crippen LogP contribution >= 0.6 is 0 Å². The van der Waals surface area contributed by atoms with Crippen LogP contribution in [-0.4, -0.2) is 38.6 Å². The van der Waals surface area contributed by atoms with Gasteiger partial charge < -0.3 is 13.9 Å². The van der Waals surface area contributed by atoms with Crippen molar-refractivity contribution in [2.45, 2.75) is 130 Å². The molecule has 5 nitrogen and oxygen atoms in total. The number of esters is 2. The van der Waals surface area contributed by atoms with E-state index >= 15 is 0 Å². The summed E-state index contributed by atoms with van der Waals surface area (Å²) in [6.07, 6.45) is 12.0. The van der Waals surface area contributed by atoms with Crippen LogP contribution in [0.1, 0.15) is 93.4 Å². The molecule has 0 N–H and O–H groups in total. The summed E-state index contributed by atoms with van der Waals surface area (Å²) in [5.74, 6) is 1.10. The Hall–Kier alpha value is -1.40. The van der Waals surface area contributed by atoms with Crippen molar-refractivity contribution >= 4 is 20.3 Å². The minimum absolute atomic E-state index is 0.0286. The Morgan fingerprint density at radius 2 is 1.81 bits per heavy atom. The molecule has 1 saturated heterocycles. The third kappa shape index (κ3) is 7.38. The smallest absolute Gasteiger partial charge is 0.309 e. The van der Waals surface area contributed by atoms with E-state index in [0.717, 1.165) is 38.5 Å². The standard InChI is InChI=1S/C31H52O5Si/c1-10-22(11-2)30(33)35-27-17-20(3)16-23-13-12-21(4)26(29(23)27)15-14-24-18-25(19-28(32)34-24)36-37(8,9)31(5,6)7/h12-13,16,20-22,24-27,29H,10-11,14-15,17-19H2,1-9H3/t20-,21-,24+,25+,26-,27-,29?/m0/s1. The van der Waals surface area contributed by atoms with Crippen LogP contribution < -0.4 is 0 Å². The number of rotatable bonds is 9. The van der Waals surface area contributed by atoms with Gasteiger partial charge in [0.05, 0.1) is 18.4 Å². The maximum atomic E-state index is 13.0. The second kappa shape index (κ2) is 12.2. The predicted octanol–water partition coefficient (Wildman–Crippen LogP) is 7.62. The first kappa shape index (κ1) is 30.1. The normalized spacial score (nSPS) is 32.5. The van der Waals surface area contributed by atoms with Gasteiger partial charge in [0.1, 0.15) is 12.2 Å². The second-order valence-corrected chi connectivity index (χ2v) is 18.2. The van der Waals surface area contributed by atoms with Crippen molar-refractivity contribution < 1.29 is 23.5 Å². The summed E-state index contributed by atoms with van der Waals surface area (Å²) in [4.78, 5) is 25.5. The highest BCUT2D eigenvalue weighted by Gasteiger charge is 2.44. The van der Waals surface area contributed by atoms with Crippen molar-refractivity contribution in [2.75, 3.05) is 0 Å². The van der Waals surface area contributed by atoms with E-state index in [1.165, 1.54) is 5.57 Å². The summed E-state index contributed by atoms with van der Waals surface area (Å²) in [7, 11) is -1.96. The van der Waals surface area contributed by atoms with Gasteiger partial charge >= 0.3 is 11.9 Å². The minimum Gasteiger partial charge on any atom is -0.462 e. The molecule has 2 aliphatic carbocycles. The Balaban J connectivity index is 1.72. The van der Waals surface area contributed by atoms with Crippen LogP contribution in [0, 0.1) is 29.6 Å². The monoisotopic (exact) mass is 532 g/mol. The lowest BCUT2D eigenvalue weighted by molar-refractivity contribution is -0.162. The molecule has 210 valence electrons. The molecule has 37 heavy (non-hydrogen) atoms. The molecule has 3 rings (SSSR count). The van der Waals surface area contributed by atoms with Crippen molar-refractivity contribution in [1.29, 1.82) is 0 Å². The Kier molecular flexibility index (Phi) is 9.93. The molecule has 3 aliphatic rings. The second-order valence-electron chi connectivity index (χ2n) is 13.4. The van der Waals surface area contributed by atoms with Crippen LogP contribution in [0.15, 0.2) is 23.8 Å². The largest absolute Gasteiger partial charge is 0.462 e. The van der Waals surface area contributed by atoms with Gasteiger partial charge in [-0.15, -0.1) is 0 Å². The zero-order valence-corrected chi connectivity index (χ0v) is 25.8. The topological polar surface area (TPSA) is 61.8 Å². The van der Waals surface area contributed by atoms with Crippen molar-refractivity contribution in [3.05, 3.63) is 23.8 Å². The Morgan fingerprint density at radius 1 is 1.14 bits per heavy atom. The number of fused-ring (bicyclic) bond motifs is 1. The number of cyclic esters (lactones) is 1. The van der Waals surface area contributed by atoms with E-state index in [9.17, 15) is 9.59 Å². The number of carbonyl (C=O) groups is 2. The molecule has 1 aliphatic heterocycles. The molecule has 0 amide bonds. The van der Waals surface area contributed by atoms with Crippen LogP contribution in [0.5, 0.6) is 0 Å². The number of ether oxygens (including phenoxy) is 2. The molecule has 0 saturated carbocycles. The first-order valence-electron chi connectivity index (χ1n) is 14.7. The molecule has 1 unspecified atom stereocenters. The maximum Gasteiger partial charge on any atom is 0.309 e. The zero-order valence-electron chi connectivity index (χ0n) is 24.8. The SMILES string of the molecule is CCC(CC)C(=O)O[C@H]1C[C@@H](C)C=C2C=C[C@H](C)[C@H](CC[C@@H]3C[C@@H](O[Si](C)(C)C(C)(C)C)CC(=O)O3)C21. The molecule has 7 atom stereocenters. The van der Waals surface area contributed by atoms with Crippen LogP contribution in [0.2, 0.25) is 18.1 Å². The van der Waals surface area contributed by atoms with Gasteiger partial charge in [-0.2, -0.15) is 0 Å². The van der Waals surface area contributed by atoms with E-state index in [4.69, 9.17) is 13.9 Å².